The summed E-state index contributed by atoms with van der Waals surface area (Å²) >= 11 is 1.68. The molecule has 1 aromatic carbocycles. The highest BCUT2D eigenvalue weighted by molar-refractivity contribution is 7.15. The molecule has 0 aliphatic carbocycles. The molecule has 0 amide bonds. The van der Waals surface area contributed by atoms with Crippen LogP contribution >= 0.6 is 11.3 Å². The smallest absolute Gasteiger partial charge is 0.123 e. The Balaban J connectivity index is 1.95. The second-order valence-electron chi connectivity index (χ2n) is 4.91. The molecular weight excluding hydrogens is 244 g/mol. The molecule has 0 saturated heterocycles. The summed E-state index contributed by atoms with van der Waals surface area (Å²) in [5.74, 6) is 0. The Morgan fingerprint density at radius 1 is 1.28 bits per heavy atom. The molecule has 0 aliphatic heterocycles. The molecule has 0 aliphatic rings. The Morgan fingerprint density at radius 2 is 2.00 bits per heavy atom. The fourth-order valence-corrected chi connectivity index (χ4v) is 2.48. The largest absolute Gasteiger partial charge is 0.389 e. The first-order valence-corrected chi connectivity index (χ1v) is 6.79. The summed E-state index contributed by atoms with van der Waals surface area (Å²) < 4.78 is 0. The number of nitrogens with one attached hydrogen (secondary N) is 1. The maximum atomic E-state index is 9.60. The van der Waals surface area contributed by atoms with E-state index >= 15 is 0 Å². The first-order valence-electron chi connectivity index (χ1n) is 5.98. The van der Waals surface area contributed by atoms with Crippen molar-refractivity contribution in [2.75, 3.05) is 6.54 Å². The fraction of sp³-hybridized carbons (Fsp3) is 0.357. The first-order chi connectivity index (χ1) is 8.54. The molecule has 96 valence electrons. The number of nitrogens with zero attached hydrogens (tertiary/aromatic N) is 1. The number of aromatic nitrogens is 1. The predicted molar refractivity (Wildman–Crippen MR) is 75.6 cm³/mol. The van der Waals surface area contributed by atoms with Crippen LogP contribution in [0.5, 0.6) is 0 Å². The zero-order valence-electron chi connectivity index (χ0n) is 10.7. The average Bonchev–Trinajstić information content (AvgIpc) is 2.77. The van der Waals surface area contributed by atoms with Gasteiger partial charge in [0, 0.05) is 29.7 Å². The molecule has 18 heavy (non-hydrogen) atoms. The van der Waals surface area contributed by atoms with Crippen LogP contribution in [0.1, 0.15) is 18.7 Å². The zero-order valence-corrected chi connectivity index (χ0v) is 11.5. The van der Waals surface area contributed by atoms with Crippen molar-refractivity contribution in [2.45, 2.75) is 26.0 Å². The number of hydrogen-bond acceptors (Lipinski definition) is 4. The highest BCUT2D eigenvalue weighted by Gasteiger charge is 2.11. The van der Waals surface area contributed by atoms with E-state index in [1.54, 1.807) is 25.2 Å². The van der Waals surface area contributed by atoms with Gasteiger partial charge in [0.1, 0.15) is 5.01 Å². The van der Waals surface area contributed by atoms with Gasteiger partial charge in [-0.1, -0.05) is 30.3 Å². The van der Waals surface area contributed by atoms with Crippen LogP contribution in [0.2, 0.25) is 0 Å². The Labute approximate surface area is 112 Å². The molecule has 0 bridgehead atoms. The van der Waals surface area contributed by atoms with Gasteiger partial charge in [-0.2, -0.15) is 0 Å². The Bertz CT molecular complexity index is 488. The molecule has 1 aromatic heterocycles. The lowest BCUT2D eigenvalue weighted by Gasteiger charge is -2.16. The Hall–Kier alpha value is -1.23. The SMILES string of the molecule is CC(C)(O)CNCc1cnc(-c2ccccc2)s1. The monoisotopic (exact) mass is 262 g/mol. The lowest BCUT2D eigenvalue weighted by atomic mass is 10.1. The molecule has 0 spiro atoms. The minimum atomic E-state index is -0.674. The van der Waals surface area contributed by atoms with Gasteiger partial charge in [0.2, 0.25) is 0 Å². The molecule has 0 atom stereocenters. The summed E-state index contributed by atoms with van der Waals surface area (Å²) in [6.45, 7) is 4.91. The van der Waals surface area contributed by atoms with Crippen LogP contribution in [0.3, 0.4) is 0 Å². The van der Waals surface area contributed by atoms with Gasteiger partial charge in [0.05, 0.1) is 5.60 Å². The van der Waals surface area contributed by atoms with Gasteiger partial charge in [0.25, 0.3) is 0 Å². The van der Waals surface area contributed by atoms with Crippen LogP contribution in [0.25, 0.3) is 10.6 Å². The van der Waals surface area contributed by atoms with E-state index < -0.39 is 5.60 Å². The highest BCUT2D eigenvalue weighted by atomic mass is 32.1. The van der Waals surface area contributed by atoms with E-state index in [2.05, 4.69) is 22.4 Å². The minimum absolute atomic E-state index is 0.575. The highest BCUT2D eigenvalue weighted by Crippen LogP contribution is 2.24. The van der Waals surface area contributed by atoms with Crippen LogP contribution in [0.4, 0.5) is 0 Å². The van der Waals surface area contributed by atoms with Crippen LogP contribution in [-0.4, -0.2) is 22.2 Å². The maximum Gasteiger partial charge on any atom is 0.123 e. The van der Waals surface area contributed by atoms with E-state index in [1.807, 2.05) is 24.4 Å². The molecule has 2 N–H and O–H groups in total. The summed E-state index contributed by atoms with van der Waals surface area (Å²) in [6, 6.07) is 10.2. The van der Waals surface area contributed by atoms with Gasteiger partial charge in [-0.3, -0.25) is 0 Å². The van der Waals surface area contributed by atoms with E-state index in [9.17, 15) is 5.11 Å². The van der Waals surface area contributed by atoms with Crippen molar-refractivity contribution < 1.29 is 5.11 Å². The fourth-order valence-electron chi connectivity index (χ4n) is 1.60. The van der Waals surface area contributed by atoms with E-state index in [4.69, 9.17) is 0 Å². The third kappa shape index (κ3) is 3.91. The van der Waals surface area contributed by atoms with E-state index in [0.29, 0.717) is 6.54 Å². The number of thiazole rings is 1. The van der Waals surface area contributed by atoms with Crippen molar-refractivity contribution in [3.05, 3.63) is 41.4 Å². The summed E-state index contributed by atoms with van der Waals surface area (Å²) in [4.78, 5) is 5.60. The quantitative estimate of drug-likeness (QED) is 0.871. The van der Waals surface area contributed by atoms with Gasteiger partial charge in [-0.15, -0.1) is 11.3 Å². The first kappa shape index (κ1) is 13.2. The topological polar surface area (TPSA) is 45.1 Å². The zero-order chi connectivity index (χ0) is 13.0. The summed E-state index contributed by atoms with van der Waals surface area (Å²) in [6.07, 6.45) is 1.89. The molecular formula is C14H18N2OS. The van der Waals surface area contributed by atoms with Gasteiger partial charge in [-0.25, -0.2) is 4.98 Å². The second-order valence-corrected chi connectivity index (χ2v) is 6.03. The van der Waals surface area contributed by atoms with Crippen molar-refractivity contribution >= 4 is 11.3 Å². The maximum absolute atomic E-state index is 9.60. The van der Waals surface area contributed by atoms with Crippen molar-refractivity contribution in [3.8, 4) is 10.6 Å². The normalized spacial score (nSPS) is 11.7. The molecule has 0 radical (unpaired) electrons. The number of aliphatic hydroxyl groups is 1. The van der Waals surface area contributed by atoms with E-state index in [1.165, 1.54) is 4.88 Å². The van der Waals surface area contributed by atoms with Gasteiger partial charge < -0.3 is 10.4 Å². The van der Waals surface area contributed by atoms with Gasteiger partial charge in [-0.05, 0) is 13.8 Å². The third-order valence-electron chi connectivity index (χ3n) is 2.43. The van der Waals surface area contributed by atoms with Gasteiger partial charge in [0.15, 0.2) is 0 Å². The number of rotatable bonds is 5. The lowest BCUT2D eigenvalue weighted by molar-refractivity contribution is 0.0796. The Morgan fingerprint density at radius 3 is 2.67 bits per heavy atom. The van der Waals surface area contributed by atoms with Crippen LogP contribution in [0, 0.1) is 0 Å². The van der Waals surface area contributed by atoms with Crippen LogP contribution < -0.4 is 5.32 Å². The number of benzene rings is 1. The Kier molecular flexibility index (Phi) is 4.11. The van der Waals surface area contributed by atoms with Crippen molar-refractivity contribution in [1.29, 1.82) is 0 Å². The standard InChI is InChI=1S/C14H18N2OS/c1-14(2,17)10-15-8-12-9-16-13(18-12)11-6-4-3-5-7-11/h3-7,9,15,17H,8,10H2,1-2H3. The van der Waals surface area contributed by atoms with E-state index in [0.717, 1.165) is 17.1 Å². The number of hydrogen-bond donors (Lipinski definition) is 2. The molecule has 1 heterocycles. The van der Waals surface area contributed by atoms with Crippen molar-refractivity contribution in [2.24, 2.45) is 0 Å². The molecule has 2 aromatic rings. The molecule has 4 heteroatoms. The predicted octanol–water partition coefficient (Wildman–Crippen LogP) is 2.67. The summed E-state index contributed by atoms with van der Waals surface area (Å²) in [5, 5.41) is 13.9. The van der Waals surface area contributed by atoms with Crippen molar-refractivity contribution in [1.82, 2.24) is 10.3 Å². The van der Waals surface area contributed by atoms with Crippen LogP contribution in [-0.2, 0) is 6.54 Å². The van der Waals surface area contributed by atoms with Crippen molar-refractivity contribution in [3.63, 3.8) is 0 Å². The minimum Gasteiger partial charge on any atom is -0.389 e. The molecule has 2 rings (SSSR count). The molecule has 0 saturated carbocycles. The summed E-state index contributed by atoms with van der Waals surface area (Å²) in [5.41, 5.74) is 0.476. The van der Waals surface area contributed by atoms with Gasteiger partial charge >= 0.3 is 0 Å². The average molecular weight is 262 g/mol. The summed E-state index contributed by atoms with van der Waals surface area (Å²) in [7, 11) is 0. The molecule has 3 nitrogen and oxygen atoms in total. The van der Waals surface area contributed by atoms with Crippen LogP contribution in [0.15, 0.2) is 36.5 Å². The lowest BCUT2D eigenvalue weighted by Crippen LogP contribution is -2.34. The molecule has 0 unspecified atom stereocenters. The second kappa shape index (κ2) is 5.61. The molecule has 0 fully saturated rings. The van der Waals surface area contributed by atoms with E-state index in [-0.39, 0.29) is 0 Å². The third-order valence-corrected chi connectivity index (χ3v) is 3.48.